The minimum Gasteiger partial charge on any atom is -0.330 e. The maximum atomic E-state index is 14.4. The van der Waals surface area contributed by atoms with Gasteiger partial charge in [-0.1, -0.05) is 67.4 Å². The molecule has 4 rings (SSSR count). The van der Waals surface area contributed by atoms with Crippen LogP contribution in [0.2, 0.25) is 10.0 Å². The van der Waals surface area contributed by atoms with Gasteiger partial charge in [0.05, 0.1) is 11.5 Å². The zero-order valence-electron chi connectivity index (χ0n) is 20.9. The number of hydrogen-bond acceptors (Lipinski definition) is 3. The van der Waals surface area contributed by atoms with Crippen LogP contribution in [-0.2, 0) is 4.79 Å². The van der Waals surface area contributed by atoms with E-state index in [0.717, 1.165) is 56.2 Å². The highest BCUT2D eigenvalue weighted by molar-refractivity contribution is 6.30. The number of carbonyl (C=O) groups excluding carboxylic acids is 1. The quantitative estimate of drug-likeness (QED) is 0.419. The lowest BCUT2D eigenvalue weighted by atomic mass is 9.67. The van der Waals surface area contributed by atoms with E-state index < -0.39 is 5.41 Å². The number of allylic oxidation sites excluding steroid dienone is 1. The predicted octanol–water partition coefficient (Wildman–Crippen LogP) is 6.32. The van der Waals surface area contributed by atoms with Crippen molar-refractivity contribution in [2.45, 2.75) is 51.1 Å². The summed E-state index contributed by atoms with van der Waals surface area (Å²) in [6.07, 6.45) is 4.18. The summed E-state index contributed by atoms with van der Waals surface area (Å²) in [6.45, 7) is 13.2. The average molecular weight is 515 g/mol. The summed E-state index contributed by atoms with van der Waals surface area (Å²) < 4.78 is 0. The monoisotopic (exact) mass is 513 g/mol. The Bertz CT molecular complexity index is 1020. The number of nitrogens with one attached hydrogen (secondary N) is 1. The number of carbonyl (C=O) groups is 1. The summed E-state index contributed by atoms with van der Waals surface area (Å²) in [7, 11) is 0. The molecule has 1 N–H and O–H groups in total. The number of rotatable bonds is 8. The second-order valence-corrected chi connectivity index (χ2v) is 11.1. The predicted molar refractivity (Wildman–Crippen MR) is 146 cm³/mol. The first-order valence-electron chi connectivity index (χ1n) is 12.7. The lowest BCUT2D eigenvalue weighted by Crippen LogP contribution is -2.58. The molecule has 2 aliphatic rings. The van der Waals surface area contributed by atoms with Crippen molar-refractivity contribution in [3.05, 3.63) is 82.4 Å². The van der Waals surface area contributed by atoms with Gasteiger partial charge < -0.3 is 10.2 Å². The van der Waals surface area contributed by atoms with Crippen molar-refractivity contribution in [1.29, 1.82) is 0 Å². The van der Waals surface area contributed by atoms with Gasteiger partial charge in [-0.25, -0.2) is 0 Å². The molecular weight excluding hydrogens is 477 g/mol. The van der Waals surface area contributed by atoms with Gasteiger partial charge in [-0.3, -0.25) is 9.69 Å². The van der Waals surface area contributed by atoms with E-state index in [1.165, 1.54) is 5.56 Å². The molecule has 2 aromatic carbocycles. The Morgan fingerprint density at radius 2 is 1.83 bits per heavy atom. The van der Waals surface area contributed by atoms with Gasteiger partial charge in [0.15, 0.2) is 0 Å². The van der Waals surface area contributed by atoms with E-state index in [2.05, 4.69) is 59.8 Å². The molecule has 2 aromatic rings. The van der Waals surface area contributed by atoms with Gasteiger partial charge in [0, 0.05) is 54.7 Å². The number of amides is 1. The molecule has 0 saturated carbocycles. The van der Waals surface area contributed by atoms with Crippen molar-refractivity contribution in [3.63, 3.8) is 0 Å². The Kier molecular flexibility index (Phi) is 8.59. The highest BCUT2D eigenvalue weighted by Crippen LogP contribution is 2.52. The van der Waals surface area contributed by atoms with Crippen molar-refractivity contribution < 1.29 is 4.79 Å². The SMILES string of the molecule is C=CC[C@@]1(C)C[C@H](c2cccc(Cl)c2)[C@@H](c2ccc(Cl)cc2)N(C(CC)CN2CCNCC2)C1=O. The summed E-state index contributed by atoms with van der Waals surface area (Å²) >= 11 is 12.7. The minimum atomic E-state index is -0.519. The molecule has 0 aliphatic carbocycles. The van der Waals surface area contributed by atoms with E-state index in [4.69, 9.17) is 23.2 Å². The molecule has 0 aromatic heterocycles. The standard InChI is InChI=1S/C29H37Cl2N3O/c1-4-13-29(3)19-26(22-7-6-8-24(31)18-22)27(21-9-11-23(30)12-10-21)34(28(29)35)25(5-2)20-33-16-14-32-15-17-33/h4,6-12,18,25-27,32H,1,5,13-17,19-20H2,2-3H3/t25?,26-,27-,29+/m1/s1. The molecule has 0 bridgehead atoms. The molecular formula is C29H37Cl2N3O. The number of benzene rings is 2. The fourth-order valence-electron chi connectivity index (χ4n) is 5.89. The topological polar surface area (TPSA) is 35.6 Å². The molecule has 2 heterocycles. The van der Waals surface area contributed by atoms with Crippen LogP contribution in [0.25, 0.3) is 0 Å². The number of piperazine rings is 1. The van der Waals surface area contributed by atoms with E-state index in [-0.39, 0.29) is 23.9 Å². The Morgan fingerprint density at radius 1 is 1.11 bits per heavy atom. The summed E-state index contributed by atoms with van der Waals surface area (Å²) in [6, 6.07) is 16.2. The fraction of sp³-hybridized carbons (Fsp3) is 0.483. The highest BCUT2D eigenvalue weighted by atomic mass is 35.5. The van der Waals surface area contributed by atoms with Gasteiger partial charge in [0.2, 0.25) is 5.91 Å². The number of likely N-dealkylation sites (tertiary alicyclic amines) is 1. The molecule has 4 atom stereocenters. The third kappa shape index (κ3) is 5.77. The largest absolute Gasteiger partial charge is 0.330 e. The molecule has 2 fully saturated rings. The van der Waals surface area contributed by atoms with Crippen LogP contribution in [0.4, 0.5) is 0 Å². The number of nitrogens with zero attached hydrogens (tertiary/aromatic N) is 2. The van der Waals surface area contributed by atoms with E-state index in [0.29, 0.717) is 11.4 Å². The van der Waals surface area contributed by atoms with Crippen LogP contribution in [0, 0.1) is 5.41 Å². The zero-order valence-corrected chi connectivity index (χ0v) is 22.4. The van der Waals surface area contributed by atoms with Crippen molar-refractivity contribution >= 4 is 29.1 Å². The fourth-order valence-corrected chi connectivity index (χ4v) is 6.22. The second kappa shape index (κ2) is 11.5. The molecule has 35 heavy (non-hydrogen) atoms. The van der Waals surface area contributed by atoms with E-state index in [9.17, 15) is 4.79 Å². The maximum Gasteiger partial charge on any atom is 0.229 e. The van der Waals surface area contributed by atoms with E-state index in [1.807, 2.05) is 30.3 Å². The molecule has 2 saturated heterocycles. The molecule has 1 unspecified atom stereocenters. The first kappa shape index (κ1) is 26.2. The van der Waals surface area contributed by atoms with Gasteiger partial charge in [-0.05, 0) is 54.7 Å². The van der Waals surface area contributed by atoms with E-state index in [1.54, 1.807) is 0 Å². The summed E-state index contributed by atoms with van der Waals surface area (Å²) in [5.41, 5.74) is 1.77. The lowest BCUT2D eigenvalue weighted by molar-refractivity contribution is -0.155. The van der Waals surface area contributed by atoms with Crippen molar-refractivity contribution in [3.8, 4) is 0 Å². The van der Waals surface area contributed by atoms with Crippen molar-refractivity contribution in [1.82, 2.24) is 15.1 Å². The first-order chi connectivity index (χ1) is 16.9. The average Bonchev–Trinajstić information content (AvgIpc) is 2.86. The highest BCUT2D eigenvalue weighted by Gasteiger charge is 2.51. The van der Waals surface area contributed by atoms with Crippen LogP contribution in [0.15, 0.2) is 61.2 Å². The van der Waals surface area contributed by atoms with Gasteiger partial charge in [0.25, 0.3) is 0 Å². The molecule has 4 nitrogen and oxygen atoms in total. The van der Waals surface area contributed by atoms with Crippen molar-refractivity contribution in [2.24, 2.45) is 5.41 Å². The van der Waals surface area contributed by atoms with Gasteiger partial charge in [-0.2, -0.15) is 0 Å². The molecule has 1 amide bonds. The maximum absolute atomic E-state index is 14.4. The molecule has 0 spiro atoms. The molecule has 188 valence electrons. The number of halogens is 2. The Hall–Kier alpha value is -1.85. The zero-order chi connectivity index (χ0) is 25.0. The number of piperidine rings is 1. The smallest absolute Gasteiger partial charge is 0.229 e. The summed E-state index contributed by atoms with van der Waals surface area (Å²) in [4.78, 5) is 19.1. The molecule has 2 aliphatic heterocycles. The third-order valence-electron chi connectivity index (χ3n) is 7.73. The lowest BCUT2D eigenvalue weighted by Gasteiger charge is -2.52. The van der Waals surface area contributed by atoms with Gasteiger partial charge >= 0.3 is 0 Å². The third-order valence-corrected chi connectivity index (χ3v) is 8.22. The van der Waals surface area contributed by atoms with Gasteiger partial charge in [0.1, 0.15) is 0 Å². The second-order valence-electron chi connectivity index (χ2n) is 10.2. The summed E-state index contributed by atoms with van der Waals surface area (Å²) in [5.74, 6) is 0.326. The van der Waals surface area contributed by atoms with Crippen LogP contribution in [0.5, 0.6) is 0 Å². The number of hydrogen-bond donors (Lipinski definition) is 1. The Balaban J connectivity index is 1.83. The summed E-state index contributed by atoms with van der Waals surface area (Å²) in [5, 5.41) is 4.86. The van der Waals surface area contributed by atoms with Crippen LogP contribution in [0.1, 0.15) is 56.2 Å². The Labute approximate surface area is 220 Å². The first-order valence-corrected chi connectivity index (χ1v) is 13.5. The van der Waals surface area contributed by atoms with Crippen LogP contribution < -0.4 is 5.32 Å². The normalized spacial score (nSPS) is 26.5. The molecule has 6 heteroatoms. The van der Waals surface area contributed by atoms with Crippen LogP contribution in [-0.4, -0.2) is 54.5 Å². The van der Waals surface area contributed by atoms with Gasteiger partial charge in [-0.15, -0.1) is 6.58 Å². The van der Waals surface area contributed by atoms with Crippen molar-refractivity contribution in [2.75, 3.05) is 32.7 Å². The van der Waals surface area contributed by atoms with Crippen LogP contribution >= 0.6 is 23.2 Å². The minimum absolute atomic E-state index is 0.0935. The van der Waals surface area contributed by atoms with E-state index >= 15 is 0 Å². The van der Waals surface area contributed by atoms with Crippen LogP contribution in [0.3, 0.4) is 0 Å². The Morgan fingerprint density at radius 3 is 2.46 bits per heavy atom. The molecule has 0 radical (unpaired) electrons.